The lowest BCUT2D eigenvalue weighted by Crippen LogP contribution is -2.29. The Hall–Kier alpha value is -0.120. The van der Waals surface area contributed by atoms with E-state index in [1.807, 2.05) is 0 Å². The van der Waals surface area contributed by atoms with Gasteiger partial charge in [0.1, 0.15) is 0 Å². The monoisotopic (exact) mass is 314 g/mol. The molecule has 18 heavy (non-hydrogen) atoms. The molecule has 1 fully saturated rings. The van der Waals surface area contributed by atoms with Crippen LogP contribution in [0.3, 0.4) is 0 Å². The van der Waals surface area contributed by atoms with Crippen molar-refractivity contribution in [2.24, 2.45) is 17.8 Å². The molecule has 0 spiro atoms. The van der Waals surface area contributed by atoms with Crippen LogP contribution in [0.5, 0.6) is 0 Å². The van der Waals surface area contributed by atoms with Crippen LogP contribution in [0.2, 0.25) is 0 Å². The lowest BCUT2D eigenvalue weighted by Gasteiger charge is -2.35. The van der Waals surface area contributed by atoms with Crippen LogP contribution < -0.4 is 0 Å². The fourth-order valence-electron chi connectivity index (χ4n) is 2.99. The second-order valence-electron chi connectivity index (χ2n) is 5.06. The van der Waals surface area contributed by atoms with Crippen LogP contribution in [0.1, 0.15) is 26.2 Å². The number of rotatable bonds is 5. The van der Waals surface area contributed by atoms with Crippen molar-refractivity contribution in [3.63, 3.8) is 0 Å². The van der Waals surface area contributed by atoms with E-state index in [9.17, 15) is 0 Å². The molecule has 102 valence electrons. The molecule has 2 aliphatic rings. The number of halogens is 1. The first kappa shape index (κ1) is 14.3. The molecule has 0 bridgehead atoms. The highest BCUT2D eigenvalue weighted by molar-refractivity contribution is 9.11. The number of ether oxygens (including phenoxy) is 2. The van der Waals surface area contributed by atoms with Crippen molar-refractivity contribution in [2.75, 3.05) is 26.4 Å². The van der Waals surface area contributed by atoms with Gasteiger partial charge in [0.2, 0.25) is 0 Å². The molecule has 1 heterocycles. The summed E-state index contributed by atoms with van der Waals surface area (Å²) in [6.07, 6.45) is 10.3. The van der Waals surface area contributed by atoms with Gasteiger partial charge in [-0.15, -0.1) is 0 Å². The highest BCUT2D eigenvalue weighted by Crippen LogP contribution is 2.40. The van der Waals surface area contributed by atoms with Crippen molar-refractivity contribution in [3.8, 4) is 0 Å². The van der Waals surface area contributed by atoms with Crippen LogP contribution in [0.25, 0.3) is 0 Å². The summed E-state index contributed by atoms with van der Waals surface area (Å²) >= 11 is 3.74. The molecule has 0 N–H and O–H groups in total. The van der Waals surface area contributed by atoms with Crippen LogP contribution in [-0.4, -0.2) is 26.4 Å². The van der Waals surface area contributed by atoms with Crippen LogP contribution in [0.15, 0.2) is 22.7 Å². The standard InChI is InChI=1S/C15H23BrO2/c1-2-17-11-8-14-13(4-3-5-15(14)16)12-6-9-18-10-7-12/h3-5,12-14H,2,6-11H2,1H3. The van der Waals surface area contributed by atoms with Gasteiger partial charge >= 0.3 is 0 Å². The zero-order valence-corrected chi connectivity index (χ0v) is 12.7. The molecule has 3 heteroatoms. The van der Waals surface area contributed by atoms with Crippen LogP contribution in [0.4, 0.5) is 0 Å². The Balaban J connectivity index is 1.96. The first-order valence-corrected chi connectivity index (χ1v) is 7.81. The summed E-state index contributed by atoms with van der Waals surface area (Å²) in [7, 11) is 0. The summed E-state index contributed by atoms with van der Waals surface area (Å²) in [6, 6.07) is 0. The minimum Gasteiger partial charge on any atom is -0.382 e. The molecule has 1 aliphatic carbocycles. The quantitative estimate of drug-likeness (QED) is 0.716. The van der Waals surface area contributed by atoms with E-state index in [-0.39, 0.29) is 0 Å². The molecule has 0 aromatic carbocycles. The van der Waals surface area contributed by atoms with Gasteiger partial charge in [0.15, 0.2) is 0 Å². The summed E-state index contributed by atoms with van der Waals surface area (Å²) in [5.41, 5.74) is 0. The maximum Gasteiger partial charge on any atom is 0.0472 e. The van der Waals surface area contributed by atoms with Crippen LogP contribution in [0, 0.1) is 17.8 Å². The van der Waals surface area contributed by atoms with Gasteiger partial charge in [-0.25, -0.2) is 0 Å². The highest BCUT2D eigenvalue weighted by atomic mass is 79.9. The lowest BCUT2D eigenvalue weighted by molar-refractivity contribution is 0.0431. The molecule has 1 aliphatic heterocycles. The summed E-state index contributed by atoms with van der Waals surface area (Å²) in [5, 5.41) is 0. The molecule has 0 saturated carbocycles. The van der Waals surface area contributed by atoms with Crippen molar-refractivity contribution in [2.45, 2.75) is 26.2 Å². The number of hydrogen-bond acceptors (Lipinski definition) is 2. The predicted octanol–water partition coefficient (Wildman–Crippen LogP) is 3.92. The predicted molar refractivity (Wildman–Crippen MR) is 77.8 cm³/mol. The summed E-state index contributed by atoms with van der Waals surface area (Å²) in [4.78, 5) is 0. The third kappa shape index (κ3) is 3.69. The third-order valence-corrected chi connectivity index (χ3v) is 4.85. The minimum atomic E-state index is 0.588. The van der Waals surface area contributed by atoms with Gasteiger partial charge in [-0.1, -0.05) is 34.2 Å². The van der Waals surface area contributed by atoms with E-state index in [0.717, 1.165) is 38.8 Å². The minimum absolute atomic E-state index is 0.588. The zero-order valence-electron chi connectivity index (χ0n) is 11.1. The fourth-order valence-corrected chi connectivity index (χ4v) is 3.68. The van der Waals surface area contributed by atoms with Gasteiger partial charge in [-0.2, -0.15) is 0 Å². The average molecular weight is 315 g/mol. The Morgan fingerprint density at radius 1 is 1.39 bits per heavy atom. The average Bonchev–Trinajstić information content (AvgIpc) is 2.42. The van der Waals surface area contributed by atoms with Crippen molar-refractivity contribution in [3.05, 3.63) is 22.7 Å². The fraction of sp³-hybridized carbons (Fsp3) is 0.733. The maximum absolute atomic E-state index is 5.52. The largest absolute Gasteiger partial charge is 0.382 e. The maximum atomic E-state index is 5.52. The smallest absolute Gasteiger partial charge is 0.0472 e. The molecule has 0 amide bonds. The Morgan fingerprint density at radius 2 is 2.17 bits per heavy atom. The van der Waals surface area contributed by atoms with E-state index >= 15 is 0 Å². The molecule has 0 radical (unpaired) electrons. The van der Waals surface area contributed by atoms with E-state index in [1.54, 1.807) is 0 Å². The van der Waals surface area contributed by atoms with Gasteiger partial charge in [0.25, 0.3) is 0 Å². The number of hydrogen-bond donors (Lipinski definition) is 0. The van der Waals surface area contributed by atoms with Crippen molar-refractivity contribution < 1.29 is 9.47 Å². The molecule has 2 nitrogen and oxygen atoms in total. The number of allylic oxidation sites excluding steroid dienone is 4. The Kier molecular flexibility index (Phi) is 5.93. The Morgan fingerprint density at radius 3 is 2.89 bits per heavy atom. The summed E-state index contributed by atoms with van der Waals surface area (Å²) in [5.74, 6) is 2.00. The van der Waals surface area contributed by atoms with Crippen molar-refractivity contribution in [1.29, 1.82) is 0 Å². The second kappa shape index (κ2) is 7.46. The Bertz CT molecular complexity index is 306. The molecular formula is C15H23BrO2. The van der Waals surface area contributed by atoms with Gasteiger partial charge in [0.05, 0.1) is 0 Å². The summed E-state index contributed by atoms with van der Waals surface area (Å²) < 4.78 is 12.3. The van der Waals surface area contributed by atoms with Crippen molar-refractivity contribution >= 4 is 15.9 Å². The molecule has 2 rings (SSSR count). The lowest BCUT2D eigenvalue weighted by atomic mass is 9.74. The molecule has 1 saturated heterocycles. The van der Waals surface area contributed by atoms with E-state index in [4.69, 9.17) is 9.47 Å². The van der Waals surface area contributed by atoms with Gasteiger partial charge < -0.3 is 9.47 Å². The SMILES string of the molecule is CCOCCC1C(Br)=CC=CC1C1CCOCC1. The first-order chi connectivity index (χ1) is 8.83. The van der Waals surface area contributed by atoms with Crippen LogP contribution in [-0.2, 0) is 9.47 Å². The Labute approximate surface area is 119 Å². The second-order valence-corrected chi connectivity index (χ2v) is 5.97. The molecule has 0 aromatic rings. The van der Waals surface area contributed by atoms with Gasteiger partial charge in [0, 0.05) is 26.4 Å². The zero-order chi connectivity index (χ0) is 12.8. The van der Waals surface area contributed by atoms with Gasteiger partial charge in [-0.05, 0) is 48.4 Å². The topological polar surface area (TPSA) is 18.5 Å². The molecule has 0 aromatic heterocycles. The van der Waals surface area contributed by atoms with E-state index in [1.165, 1.54) is 17.3 Å². The van der Waals surface area contributed by atoms with Crippen molar-refractivity contribution in [1.82, 2.24) is 0 Å². The normalized spacial score (nSPS) is 29.3. The molecule has 2 unspecified atom stereocenters. The van der Waals surface area contributed by atoms with Crippen LogP contribution >= 0.6 is 15.9 Å². The van der Waals surface area contributed by atoms with E-state index < -0.39 is 0 Å². The first-order valence-electron chi connectivity index (χ1n) is 7.02. The van der Waals surface area contributed by atoms with Gasteiger partial charge in [-0.3, -0.25) is 0 Å². The summed E-state index contributed by atoms with van der Waals surface area (Å²) in [6.45, 7) is 5.58. The third-order valence-electron chi connectivity index (χ3n) is 4.00. The molecule has 2 atom stereocenters. The van der Waals surface area contributed by atoms with E-state index in [2.05, 4.69) is 41.1 Å². The molecular weight excluding hydrogens is 292 g/mol. The van der Waals surface area contributed by atoms with E-state index in [0.29, 0.717) is 11.8 Å². The highest BCUT2D eigenvalue weighted by Gasteiger charge is 2.31.